The van der Waals surface area contributed by atoms with Crippen molar-refractivity contribution in [3.63, 3.8) is 0 Å². The molecular weight excluding hydrogens is 553 g/mol. The van der Waals surface area contributed by atoms with Crippen molar-refractivity contribution in [1.29, 1.82) is 0 Å². The Kier molecular flexibility index (Phi) is 9.81. The number of rotatable bonds is 10. The summed E-state index contributed by atoms with van der Waals surface area (Å²) in [5.41, 5.74) is 2.09. The molecular formula is C28H31Cl2N7O3. The van der Waals surface area contributed by atoms with Gasteiger partial charge in [-0.2, -0.15) is 5.10 Å². The van der Waals surface area contributed by atoms with Gasteiger partial charge >= 0.3 is 0 Å². The van der Waals surface area contributed by atoms with Crippen LogP contribution in [0.25, 0.3) is 0 Å². The summed E-state index contributed by atoms with van der Waals surface area (Å²) < 4.78 is 0. The number of amides is 3. The Morgan fingerprint density at radius 2 is 1.85 bits per heavy atom. The largest absolute Gasteiger partial charge is 0.369 e. The molecule has 2 aromatic carbocycles. The van der Waals surface area contributed by atoms with Crippen LogP contribution in [0.3, 0.4) is 0 Å². The van der Waals surface area contributed by atoms with E-state index < -0.39 is 11.8 Å². The lowest BCUT2D eigenvalue weighted by Gasteiger charge is -2.20. The molecule has 12 heteroatoms. The standard InChI is InChI=1S/C28H31Cl2N7O3/c1-36(2)13-4-3-11-24(38)32-18-7-5-8-20(15-18)37-14-12-19(17-37)33-28(40)26-23(16-31-35-26)34-27(39)25-21(29)9-6-10-22(25)30/h3,5-11,15-16,19H,4,12-14,17H2,1-2H3,(H,31,35)(H,32,38)(H,33,40)(H,34,39)/b11-3+/t19-/m1/s1. The molecule has 210 valence electrons. The van der Waals surface area contributed by atoms with Gasteiger partial charge < -0.3 is 25.8 Å². The maximum absolute atomic E-state index is 13.0. The topological polar surface area (TPSA) is 122 Å². The number of halogens is 2. The molecule has 1 aliphatic heterocycles. The molecule has 40 heavy (non-hydrogen) atoms. The predicted molar refractivity (Wildman–Crippen MR) is 158 cm³/mol. The van der Waals surface area contributed by atoms with Crippen LogP contribution in [-0.2, 0) is 4.79 Å². The van der Waals surface area contributed by atoms with Gasteiger partial charge in [-0.05, 0) is 63.3 Å². The number of nitrogens with zero attached hydrogens (tertiary/aromatic N) is 3. The zero-order valence-electron chi connectivity index (χ0n) is 22.2. The highest BCUT2D eigenvalue weighted by molar-refractivity contribution is 6.40. The van der Waals surface area contributed by atoms with Crippen molar-refractivity contribution < 1.29 is 14.4 Å². The summed E-state index contributed by atoms with van der Waals surface area (Å²) in [6.45, 7) is 2.18. The van der Waals surface area contributed by atoms with Gasteiger partial charge in [0.05, 0.1) is 27.5 Å². The van der Waals surface area contributed by atoms with Crippen LogP contribution in [0.1, 0.15) is 33.7 Å². The molecule has 0 unspecified atom stereocenters. The van der Waals surface area contributed by atoms with Gasteiger partial charge in [-0.15, -0.1) is 0 Å². The highest BCUT2D eigenvalue weighted by Gasteiger charge is 2.27. The van der Waals surface area contributed by atoms with Gasteiger partial charge in [0.25, 0.3) is 11.8 Å². The minimum atomic E-state index is -0.547. The number of aromatic amines is 1. The Bertz CT molecular complexity index is 1390. The van der Waals surface area contributed by atoms with Crippen molar-refractivity contribution in [1.82, 2.24) is 20.4 Å². The van der Waals surface area contributed by atoms with E-state index >= 15 is 0 Å². The molecule has 0 aliphatic carbocycles. The van der Waals surface area contributed by atoms with Gasteiger partial charge in [-0.25, -0.2) is 0 Å². The molecule has 10 nitrogen and oxygen atoms in total. The van der Waals surface area contributed by atoms with Crippen LogP contribution < -0.4 is 20.9 Å². The molecule has 0 bridgehead atoms. The molecule has 1 saturated heterocycles. The van der Waals surface area contributed by atoms with E-state index in [0.717, 1.165) is 31.6 Å². The zero-order valence-corrected chi connectivity index (χ0v) is 23.7. The van der Waals surface area contributed by atoms with Gasteiger partial charge in [0, 0.05) is 37.1 Å². The van der Waals surface area contributed by atoms with Gasteiger partial charge in [0.15, 0.2) is 0 Å². The van der Waals surface area contributed by atoms with Gasteiger partial charge in [0.1, 0.15) is 5.69 Å². The second kappa shape index (κ2) is 13.5. The maximum Gasteiger partial charge on any atom is 0.271 e. The SMILES string of the molecule is CN(C)CC/C=C/C(=O)Nc1cccc(N2CC[C@@H](NC(=O)c3[nH]ncc3NC(=O)c3c(Cl)cccc3Cl)C2)c1. The van der Waals surface area contributed by atoms with Crippen LogP contribution in [0.2, 0.25) is 10.0 Å². The van der Waals surface area contributed by atoms with E-state index in [4.69, 9.17) is 23.2 Å². The molecule has 4 rings (SSSR count). The van der Waals surface area contributed by atoms with E-state index in [1.54, 1.807) is 24.3 Å². The van der Waals surface area contributed by atoms with Crippen molar-refractivity contribution in [2.24, 2.45) is 0 Å². The van der Waals surface area contributed by atoms with Crippen molar-refractivity contribution in [3.8, 4) is 0 Å². The van der Waals surface area contributed by atoms with Crippen LogP contribution in [0.5, 0.6) is 0 Å². The Morgan fingerprint density at radius 3 is 2.60 bits per heavy atom. The molecule has 4 N–H and O–H groups in total. The third-order valence-electron chi connectivity index (χ3n) is 6.32. The van der Waals surface area contributed by atoms with Crippen molar-refractivity contribution in [3.05, 3.63) is 82.1 Å². The molecule has 1 atom stereocenters. The van der Waals surface area contributed by atoms with E-state index in [0.29, 0.717) is 12.2 Å². The van der Waals surface area contributed by atoms with Crippen LogP contribution in [0.4, 0.5) is 17.1 Å². The summed E-state index contributed by atoms with van der Waals surface area (Å²) in [5, 5.41) is 15.5. The molecule has 1 aliphatic rings. The highest BCUT2D eigenvalue weighted by Crippen LogP contribution is 2.27. The highest BCUT2D eigenvalue weighted by atomic mass is 35.5. The van der Waals surface area contributed by atoms with E-state index in [1.165, 1.54) is 6.20 Å². The van der Waals surface area contributed by atoms with E-state index in [9.17, 15) is 14.4 Å². The summed E-state index contributed by atoms with van der Waals surface area (Å²) in [4.78, 5) is 42.3. The summed E-state index contributed by atoms with van der Waals surface area (Å²) in [6, 6.07) is 12.2. The fourth-order valence-electron chi connectivity index (χ4n) is 4.31. The van der Waals surface area contributed by atoms with Crippen molar-refractivity contribution >= 4 is 58.0 Å². The van der Waals surface area contributed by atoms with Crippen molar-refractivity contribution in [2.45, 2.75) is 18.9 Å². The molecule has 3 amide bonds. The number of anilines is 3. The molecule has 1 aromatic heterocycles. The molecule has 0 spiro atoms. The second-order valence-electron chi connectivity index (χ2n) is 9.65. The van der Waals surface area contributed by atoms with Gasteiger partial charge in [0.2, 0.25) is 5.91 Å². The first-order valence-corrected chi connectivity index (χ1v) is 13.5. The smallest absolute Gasteiger partial charge is 0.271 e. The lowest BCUT2D eigenvalue weighted by Crippen LogP contribution is -2.37. The zero-order chi connectivity index (χ0) is 28.6. The average Bonchev–Trinajstić information content (AvgIpc) is 3.56. The Hall–Kier alpha value is -3.86. The van der Waals surface area contributed by atoms with E-state index in [-0.39, 0.29) is 38.9 Å². The number of benzene rings is 2. The Morgan fingerprint density at radius 1 is 1.10 bits per heavy atom. The maximum atomic E-state index is 13.0. The van der Waals surface area contributed by atoms with Crippen molar-refractivity contribution in [2.75, 3.05) is 49.3 Å². The fraction of sp³-hybridized carbons (Fsp3) is 0.286. The summed E-state index contributed by atoms with van der Waals surface area (Å²) in [7, 11) is 3.98. The number of carbonyl (C=O) groups is 3. The molecule has 1 fully saturated rings. The number of aromatic nitrogens is 2. The second-order valence-corrected chi connectivity index (χ2v) is 10.5. The predicted octanol–water partition coefficient (Wildman–Crippen LogP) is 4.42. The van der Waals surface area contributed by atoms with Crippen LogP contribution in [0, 0.1) is 0 Å². The first kappa shape index (κ1) is 29.1. The molecule has 0 radical (unpaired) electrons. The fourth-order valence-corrected chi connectivity index (χ4v) is 4.88. The number of H-pyrrole nitrogens is 1. The first-order valence-electron chi connectivity index (χ1n) is 12.8. The minimum Gasteiger partial charge on any atom is -0.369 e. The third kappa shape index (κ3) is 7.62. The minimum absolute atomic E-state index is 0.114. The summed E-state index contributed by atoms with van der Waals surface area (Å²) in [5.74, 6) is -1.12. The van der Waals surface area contributed by atoms with Crippen LogP contribution >= 0.6 is 23.2 Å². The normalized spacial score (nSPS) is 15.0. The number of carbonyl (C=O) groups excluding carboxylic acids is 3. The monoisotopic (exact) mass is 583 g/mol. The van der Waals surface area contributed by atoms with Gasteiger partial charge in [-0.1, -0.05) is 41.4 Å². The average molecular weight is 585 g/mol. The molecule has 3 aromatic rings. The lowest BCUT2D eigenvalue weighted by molar-refractivity contribution is -0.111. The Balaban J connectivity index is 1.33. The van der Waals surface area contributed by atoms with Gasteiger partial charge in [-0.3, -0.25) is 19.5 Å². The molecule has 2 heterocycles. The summed E-state index contributed by atoms with van der Waals surface area (Å²) >= 11 is 12.3. The number of nitrogens with one attached hydrogen (secondary N) is 4. The van der Waals surface area contributed by atoms with E-state index in [1.807, 2.05) is 44.4 Å². The number of hydrogen-bond donors (Lipinski definition) is 4. The quantitative estimate of drug-likeness (QED) is 0.262. The first-order chi connectivity index (χ1) is 19.2. The molecule has 0 saturated carbocycles. The van der Waals surface area contributed by atoms with Crippen LogP contribution in [-0.4, -0.2) is 72.6 Å². The summed E-state index contributed by atoms with van der Waals surface area (Å²) in [6.07, 6.45) is 6.28. The number of hydrogen-bond acceptors (Lipinski definition) is 6. The lowest BCUT2D eigenvalue weighted by atomic mass is 10.2. The Labute approximate surface area is 242 Å². The third-order valence-corrected chi connectivity index (χ3v) is 6.95. The van der Waals surface area contributed by atoms with Crippen LogP contribution in [0.15, 0.2) is 60.8 Å². The van der Waals surface area contributed by atoms with E-state index in [2.05, 4.69) is 35.9 Å².